The molecule has 2 heterocycles. The van der Waals surface area contributed by atoms with E-state index in [1.165, 1.54) is 12.1 Å². The van der Waals surface area contributed by atoms with Gasteiger partial charge in [-0.25, -0.2) is 4.98 Å². The first-order chi connectivity index (χ1) is 7.58. The summed E-state index contributed by atoms with van der Waals surface area (Å²) in [6, 6.07) is 4.55. The number of hydrogen-bond donors (Lipinski definition) is 0. The van der Waals surface area contributed by atoms with Crippen LogP contribution in [0.25, 0.3) is 11.3 Å². The number of nitrogens with zero attached hydrogens (tertiary/aromatic N) is 2. The van der Waals surface area contributed by atoms with Crippen molar-refractivity contribution >= 4 is 28.6 Å². The molecule has 0 fully saturated rings. The molecule has 82 valence electrons. The quantitative estimate of drug-likeness (QED) is 0.467. The summed E-state index contributed by atoms with van der Waals surface area (Å²) in [5, 5.41) is 12.7. The lowest BCUT2D eigenvalue weighted by molar-refractivity contribution is -0.384. The highest BCUT2D eigenvalue weighted by molar-refractivity contribution is 7.10. The van der Waals surface area contributed by atoms with Crippen LogP contribution in [0.15, 0.2) is 23.6 Å². The Morgan fingerprint density at radius 2 is 2.25 bits per heavy atom. The van der Waals surface area contributed by atoms with Gasteiger partial charge in [-0.15, -0.1) is 11.3 Å². The van der Waals surface area contributed by atoms with Gasteiger partial charge in [-0.2, -0.15) is 0 Å². The monoisotopic (exact) mass is 254 g/mol. The average Bonchev–Trinajstić information content (AvgIpc) is 2.63. The van der Waals surface area contributed by atoms with E-state index in [1.54, 1.807) is 11.3 Å². The Bertz CT molecular complexity index is 554. The minimum Gasteiger partial charge on any atom is -0.258 e. The summed E-state index contributed by atoms with van der Waals surface area (Å²) in [5.41, 5.74) is 1.38. The van der Waals surface area contributed by atoms with Crippen molar-refractivity contribution < 1.29 is 4.92 Å². The maximum absolute atomic E-state index is 10.7. The van der Waals surface area contributed by atoms with Gasteiger partial charge in [0.05, 0.1) is 16.7 Å². The molecule has 0 aliphatic carbocycles. The maximum Gasteiger partial charge on any atom is 0.274 e. The lowest BCUT2D eigenvalue weighted by Gasteiger charge is -2.00. The van der Waals surface area contributed by atoms with Gasteiger partial charge in [-0.05, 0) is 18.4 Å². The number of hydrogen-bond acceptors (Lipinski definition) is 4. The fraction of sp³-hybridized carbons (Fsp3) is 0.100. The predicted octanol–water partition coefficient (Wildman–Crippen LogP) is 3.68. The highest BCUT2D eigenvalue weighted by Gasteiger charge is 2.13. The van der Waals surface area contributed by atoms with E-state index in [9.17, 15) is 10.1 Å². The minimum atomic E-state index is -0.473. The van der Waals surface area contributed by atoms with Crippen molar-refractivity contribution in [3.63, 3.8) is 0 Å². The molecule has 0 N–H and O–H groups in total. The lowest BCUT2D eigenvalue weighted by Crippen LogP contribution is -1.91. The van der Waals surface area contributed by atoms with Gasteiger partial charge < -0.3 is 0 Å². The smallest absolute Gasteiger partial charge is 0.258 e. The van der Waals surface area contributed by atoms with Gasteiger partial charge in [0.2, 0.25) is 0 Å². The summed E-state index contributed by atoms with van der Waals surface area (Å²) < 4.78 is 0. The Morgan fingerprint density at radius 1 is 1.50 bits per heavy atom. The summed E-state index contributed by atoms with van der Waals surface area (Å²) in [6.07, 6.45) is 0. The largest absolute Gasteiger partial charge is 0.274 e. The number of nitro groups is 1. The Morgan fingerprint density at radius 3 is 2.81 bits per heavy atom. The third kappa shape index (κ3) is 2.05. The van der Waals surface area contributed by atoms with Crippen LogP contribution in [-0.2, 0) is 0 Å². The number of rotatable bonds is 2. The van der Waals surface area contributed by atoms with E-state index < -0.39 is 4.92 Å². The predicted molar refractivity (Wildman–Crippen MR) is 64.0 cm³/mol. The van der Waals surface area contributed by atoms with Gasteiger partial charge in [-0.1, -0.05) is 11.6 Å². The molecule has 0 atom stereocenters. The molecule has 0 saturated carbocycles. The summed E-state index contributed by atoms with van der Waals surface area (Å²) >= 11 is 7.32. The SMILES string of the molecule is Cc1sccc1-c1cc([N+](=O)[O-])cc(Cl)n1. The van der Waals surface area contributed by atoms with Crippen molar-refractivity contribution in [2.75, 3.05) is 0 Å². The van der Waals surface area contributed by atoms with E-state index in [0.717, 1.165) is 10.4 Å². The number of aryl methyl sites for hydroxylation is 1. The molecule has 0 aliphatic rings. The molecule has 0 aliphatic heterocycles. The van der Waals surface area contributed by atoms with Gasteiger partial charge in [0.25, 0.3) is 5.69 Å². The molecule has 0 saturated heterocycles. The van der Waals surface area contributed by atoms with Gasteiger partial charge in [0, 0.05) is 16.5 Å². The molecule has 0 bridgehead atoms. The fourth-order valence-electron chi connectivity index (χ4n) is 1.38. The van der Waals surface area contributed by atoms with Crippen molar-refractivity contribution in [3.8, 4) is 11.3 Å². The highest BCUT2D eigenvalue weighted by Crippen LogP contribution is 2.29. The van der Waals surface area contributed by atoms with Crippen LogP contribution in [0.2, 0.25) is 5.15 Å². The van der Waals surface area contributed by atoms with Gasteiger partial charge in [0.1, 0.15) is 5.15 Å². The van der Waals surface area contributed by atoms with Crippen LogP contribution in [-0.4, -0.2) is 9.91 Å². The van der Waals surface area contributed by atoms with Crippen LogP contribution in [0.5, 0.6) is 0 Å². The fourth-order valence-corrected chi connectivity index (χ4v) is 2.29. The van der Waals surface area contributed by atoms with Crippen molar-refractivity contribution in [3.05, 3.63) is 43.7 Å². The summed E-state index contributed by atoms with van der Waals surface area (Å²) in [5.74, 6) is 0. The first-order valence-electron chi connectivity index (χ1n) is 4.44. The molecule has 2 aromatic heterocycles. The van der Waals surface area contributed by atoms with E-state index in [4.69, 9.17) is 11.6 Å². The first kappa shape index (κ1) is 11.0. The van der Waals surface area contributed by atoms with E-state index in [1.807, 2.05) is 18.4 Å². The third-order valence-corrected chi connectivity index (χ3v) is 3.16. The minimum absolute atomic E-state index is 0.0411. The lowest BCUT2D eigenvalue weighted by atomic mass is 10.1. The second-order valence-electron chi connectivity index (χ2n) is 3.18. The Labute approximate surface area is 101 Å². The zero-order valence-electron chi connectivity index (χ0n) is 8.31. The van der Waals surface area contributed by atoms with E-state index >= 15 is 0 Å². The number of pyridine rings is 1. The van der Waals surface area contributed by atoms with Gasteiger partial charge in [-0.3, -0.25) is 10.1 Å². The molecule has 0 unspecified atom stereocenters. The van der Waals surface area contributed by atoms with Crippen LogP contribution in [0.4, 0.5) is 5.69 Å². The van der Waals surface area contributed by atoms with E-state index in [-0.39, 0.29) is 10.8 Å². The second-order valence-corrected chi connectivity index (χ2v) is 4.69. The molecular weight excluding hydrogens is 248 g/mol. The Kier molecular flexibility index (Phi) is 2.89. The molecule has 0 aromatic carbocycles. The zero-order valence-corrected chi connectivity index (χ0v) is 9.88. The number of halogens is 1. The third-order valence-electron chi connectivity index (χ3n) is 2.12. The van der Waals surface area contributed by atoms with Crippen LogP contribution in [0, 0.1) is 17.0 Å². The highest BCUT2D eigenvalue weighted by atomic mass is 35.5. The summed E-state index contributed by atoms with van der Waals surface area (Å²) in [7, 11) is 0. The van der Waals surface area contributed by atoms with Crippen LogP contribution in [0.3, 0.4) is 0 Å². The second kappa shape index (κ2) is 4.19. The van der Waals surface area contributed by atoms with Gasteiger partial charge in [0.15, 0.2) is 0 Å². The molecular formula is C10H7ClN2O2S. The van der Waals surface area contributed by atoms with Crippen LogP contribution in [0.1, 0.15) is 4.88 Å². The molecule has 6 heteroatoms. The molecule has 0 spiro atoms. The molecule has 2 aromatic rings. The number of thiophene rings is 1. The number of aromatic nitrogens is 1. The topological polar surface area (TPSA) is 56.0 Å². The van der Waals surface area contributed by atoms with E-state index in [0.29, 0.717) is 5.69 Å². The molecule has 16 heavy (non-hydrogen) atoms. The standard InChI is InChI=1S/C10H7ClN2O2S/c1-6-8(2-3-16-6)9-4-7(13(14)15)5-10(11)12-9/h2-5H,1H3. The van der Waals surface area contributed by atoms with Crippen molar-refractivity contribution in [2.24, 2.45) is 0 Å². The van der Waals surface area contributed by atoms with Crippen LogP contribution >= 0.6 is 22.9 Å². The molecule has 0 radical (unpaired) electrons. The summed E-state index contributed by atoms with van der Waals surface area (Å²) in [6.45, 7) is 1.94. The van der Waals surface area contributed by atoms with E-state index in [2.05, 4.69) is 4.98 Å². The van der Waals surface area contributed by atoms with Crippen molar-refractivity contribution in [1.82, 2.24) is 4.98 Å². The van der Waals surface area contributed by atoms with Crippen LogP contribution < -0.4 is 0 Å². The summed E-state index contributed by atoms with van der Waals surface area (Å²) in [4.78, 5) is 15.4. The van der Waals surface area contributed by atoms with Crippen molar-refractivity contribution in [2.45, 2.75) is 6.92 Å². The van der Waals surface area contributed by atoms with Crippen molar-refractivity contribution in [1.29, 1.82) is 0 Å². The maximum atomic E-state index is 10.7. The zero-order chi connectivity index (χ0) is 11.7. The Hall–Kier alpha value is -1.46. The first-order valence-corrected chi connectivity index (χ1v) is 5.70. The average molecular weight is 255 g/mol. The molecule has 4 nitrogen and oxygen atoms in total. The normalized spacial score (nSPS) is 10.4. The Balaban J connectivity index is 2.58. The van der Waals surface area contributed by atoms with Gasteiger partial charge >= 0.3 is 0 Å². The molecule has 0 amide bonds. The molecule has 2 rings (SSSR count).